The number of amides is 1. The van der Waals surface area contributed by atoms with Gasteiger partial charge in [-0.3, -0.25) is 19.0 Å². The van der Waals surface area contributed by atoms with Gasteiger partial charge in [0, 0.05) is 67.0 Å². The Morgan fingerprint density at radius 1 is 1.00 bits per heavy atom. The molecule has 1 saturated carbocycles. The summed E-state index contributed by atoms with van der Waals surface area (Å²) in [6.07, 6.45) is 2.91. The highest BCUT2D eigenvalue weighted by Crippen LogP contribution is 2.33. The van der Waals surface area contributed by atoms with Crippen LogP contribution in [0, 0.1) is 5.92 Å². The van der Waals surface area contributed by atoms with Crippen LogP contribution in [-0.2, 0) is 6.42 Å². The van der Waals surface area contributed by atoms with E-state index in [2.05, 4.69) is 44.6 Å². The molecule has 1 unspecified atom stereocenters. The van der Waals surface area contributed by atoms with Crippen molar-refractivity contribution in [2.75, 3.05) is 43.4 Å². The maximum atomic E-state index is 13.9. The third-order valence-corrected chi connectivity index (χ3v) is 8.26. The van der Waals surface area contributed by atoms with Crippen LogP contribution in [0.3, 0.4) is 0 Å². The Morgan fingerprint density at radius 2 is 1.76 bits per heavy atom. The number of likely N-dealkylation sites (N-methyl/N-ethyl adjacent to an activating group) is 1. The standard InChI is InChI=1S/C31H31N7O3/c1-36-12-14-37(15-13-36)23-10-8-22(9-11-23)33-31-32-18-21-16-25(27(39)19-6-7-19)30(41)38(28(21)35-31)26-17-20-4-2-3-5-24(20)29(40)34-26/h2-5,8-11,16,18-19,26H,6-7,12-15,17H2,1H3,(H,34,40)(H,32,33,35). The number of rotatable bonds is 6. The van der Waals surface area contributed by atoms with E-state index in [9.17, 15) is 14.4 Å². The first-order valence-electron chi connectivity index (χ1n) is 14.1. The molecule has 0 bridgehead atoms. The zero-order valence-corrected chi connectivity index (χ0v) is 22.8. The summed E-state index contributed by atoms with van der Waals surface area (Å²) in [7, 11) is 2.14. The van der Waals surface area contributed by atoms with Crippen LogP contribution in [0.1, 0.15) is 45.3 Å². The Labute approximate surface area is 237 Å². The molecule has 10 heteroatoms. The molecule has 1 saturated heterocycles. The number of nitrogens with one attached hydrogen (secondary N) is 2. The lowest BCUT2D eigenvalue weighted by Gasteiger charge is -2.34. The predicted octanol–water partition coefficient (Wildman–Crippen LogP) is 3.36. The molecule has 1 aliphatic carbocycles. The third-order valence-electron chi connectivity index (χ3n) is 8.26. The minimum atomic E-state index is -0.690. The van der Waals surface area contributed by atoms with Crippen molar-refractivity contribution in [3.8, 4) is 0 Å². The van der Waals surface area contributed by atoms with E-state index < -0.39 is 11.7 Å². The first-order chi connectivity index (χ1) is 19.9. The van der Waals surface area contributed by atoms with Gasteiger partial charge < -0.3 is 20.4 Å². The minimum absolute atomic E-state index is 0.119. The van der Waals surface area contributed by atoms with Crippen LogP contribution in [-0.4, -0.2) is 64.4 Å². The number of pyridine rings is 1. The number of nitrogens with zero attached hydrogens (tertiary/aromatic N) is 5. The number of hydrogen-bond acceptors (Lipinski definition) is 8. The molecule has 2 fully saturated rings. The maximum Gasteiger partial charge on any atom is 0.264 e. The summed E-state index contributed by atoms with van der Waals surface area (Å²) in [6, 6.07) is 17.1. The van der Waals surface area contributed by atoms with Crippen LogP contribution < -0.4 is 21.1 Å². The molecular weight excluding hydrogens is 518 g/mol. The second-order valence-electron chi connectivity index (χ2n) is 11.2. The number of Topliss-reactive ketones (excluding diaryl/α,β-unsaturated/α-hetero) is 1. The number of carbonyl (C=O) groups is 2. The lowest BCUT2D eigenvalue weighted by Crippen LogP contribution is -2.44. The molecule has 3 aliphatic rings. The average Bonchev–Trinajstić information content (AvgIpc) is 3.83. The summed E-state index contributed by atoms with van der Waals surface area (Å²) < 4.78 is 1.46. The highest BCUT2D eigenvalue weighted by Gasteiger charge is 2.34. The fraction of sp³-hybridized carbons (Fsp3) is 0.323. The molecule has 2 aliphatic heterocycles. The largest absolute Gasteiger partial charge is 0.369 e. The van der Waals surface area contributed by atoms with Gasteiger partial charge in [-0.2, -0.15) is 4.98 Å². The predicted molar refractivity (Wildman–Crippen MR) is 157 cm³/mol. The minimum Gasteiger partial charge on any atom is -0.369 e. The van der Waals surface area contributed by atoms with Crippen molar-refractivity contribution in [2.45, 2.75) is 25.4 Å². The summed E-state index contributed by atoms with van der Waals surface area (Å²) in [4.78, 5) is 53.8. The first-order valence-corrected chi connectivity index (χ1v) is 14.1. The number of anilines is 3. The molecule has 208 valence electrons. The zero-order valence-electron chi connectivity index (χ0n) is 22.8. The topological polar surface area (TPSA) is 112 Å². The number of hydrogen-bond donors (Lipinski definition) is 2. The van der Waals surface area contributed by atoms with Crippen molar-refractivity contribution in [3.63, 3.8) is 0 Å². The number of fused-ring (bicyclic) bond motifs is 2. The van der Waals surface area contributed by atoms with E-state index in [1.54, 1.807) is 18.3 Å². The summed E-state index contributed by atoms with van der Waals surface area (Å²) >= 11 is 0. The van der Waals surface area contributed by atoms with Gasteiger partial charge in [-0.15, -0.1) is 0 Å². The van der Waals surface area contributed by atoms with Crippen LogP contribution >= 0.6 is 0 Å². The number of benzene rings is 2. The number of ketones is 1. The molecule has 41 heavy (non-hydrogen) atoms. The van der Waals surface area contributed by atoms with E-state index in [0.717, 1.165) is 56.0 Å². The summed E-state index contributed by atoms with van der Waals surface area (Å²) in [5.74, 6) is -0.216. The van der Waals surface area contributed by atoms with Gasteiger partial charge in [-0.25, -0.2) is 4.98 Å². The van der Waals surface area contributed by atoms with Gasteiger partial charge in [0.2, 0.25) is 5.95 Å². The fourth-order valence-electron chi connectivity index (χ4n) is 5.72. The van der Waals surface area contributed by atoms with Gasteiger partial charge in [-0.05, 0) is 61.9 Å². The fourth-order valence-corrected chi connectivity index (χ4v) is 5.72. The molecule has 4 aromatic rings. The SMILES string of the molecule is CN1CCN(c2ccc(Nc3ncc4cc(C(=O)C5CC5)c(=O)n(C5Cc6ccccc6C(=O)N5)c4n3)cc2)CC1. The van der Waals surface area contributed by atoms with E-state index >= 15 is 0 Å². The second-order valence-corrected chi connectivity index (χ2v) is 11.2. The highest BCUT2D eigenvalue weighted by molar-refractivity contribution is 6.01. The number of carbonyl (C=O) groups excluding carboxylic acids is 2. The van der Waals surface area contributed by atoms with Crippen molar-refractivity contribution in [1.82, 2.24) is 24.8 Å². The molecule has 10 nitrogen and oxygen atoms in total. The summed E-state index contributed by atoms with van der Waals surface area (Å²) in [5.41, 5.74) is 3.45. The quantitative estimate of drug-likeness (QED) is 0.352. The maximum absolute atomic E-state index is 13.9. The lowest BCUT2D eigenvalue weighted by molar-refractivity contribution is 0.0905. The Morgan fingerprint density at radius 3 is 2.51 bits per heavy atom. The molecule has 7 rings (SSSR count). The second kappa shape index (κ2) is 10.1. The average molecular weight is 550 g/mol. The van der Waals surface area contributed by atoms with Gasteiger partial charge in [0.15, 0.2) is 5.78 Å². The number of aromatic nitrogens is 3. The molecule has 2 aromatic carbocycles. The highest BCUT2D eigenvalue weighted by atomic mass is 16.2. The van der Waals surface area contributed by atoms with Crippen molar-refractivity contribution >= 4 is 40.0 Å². The summed E-state index contributed by atoms with van der Waals surface area (Å²) in [6.45, 7) is 4.05. The first kappa shape index (κ1) is 25.4. The molecular formula is C31H31N7O3. The molecule has 2 aromatic heterocycles. The van der Waals surface area contributed by atoms with E-state index in [1.165, 1.54) is 4.57 Å². The van der Waals surface area contributed by atoms with E-state index in [1.807, 2.05) is 30.3 Å². The molecule has 4 heterocycles. The van der Waals surface area contributed by atoms with Gasteiger partial charge in [-0.1, -0.05) is 18.2 Å². The Balaban J connectivity index is 1.24. The van der Waals surface area contributed by atoms with Gasteiger partial charge in [0.05, 0.1) is 5.56 Å². The molecule has 0 radical (unpaired) electrons. The molecule has 2 N–H and O–H groups in total. The lowest BCUT2D eigenvalue weighted by atomic mass is 9.98. The van der Waals surface area contributed by atoms with E-state index in [0.29, 0.717) is 29.0 Å². The van der Waals surface area contributed by atoms with Gasteiger partial charge in [0.1, 0.15) is 11.8 Å². The van der Waals surface area contributed by atoms with Gasteiger partial charge in [0.25, 0.3) is 11.5 Å². The smallest absolute Gasteiger partial charge is 0.264 e. The summed E-state index contributed by atoms with van der Waals surface area (Å²) in [5, 5.41) is 6.79. The molecule has 1 amide bonds. The van der Waals surface area contributed by atoms with Crippen molar-refractivity contribution in [3.05, 3.63) is 87.8 Å². The van der Waals surface area contributed by atoms with E-state index in [4.69, 9.17) is 4.98 Å². The Hall–Kier alpha value is -4.57. The normalized spacial score (nSPS) is 19.1. The monoisotopic (exact) mass is 549 g/mol. The number of piperazine rings is 1. The molecule has 1 atom stereocenters. The van der Waals surface area contributed by atoms with E-state index in [-0.39, 0.29) is 23.2 Å². The molecule has 0 spiro atoms. The van der Waals surface area contributed by atoms with Crippen molar-refractivity contribution in [1.29, 1.82) is 0 Å². The third kappa shape index (κ3) is 4.84. The van der Waals surface area contributed by atoms with Crippen LogP contribution in [0.4, 0.5) is 17.3 Å². The zero-order chi connectivity index (χ0) is 28.1. The van der Waals surface area contributed by atoms with Crippen molar-refractivity contribution < 1.29 is 9.59 Å². The van der Waals surface area contributed by atoms with Gasteiger partial charge >= 0.3 is 0 Å². The Kier molecular flexibility index (Phi) is 6.27. The van der Waals surface area contributed by atoms with Crippen LogP contribution in [0.25, 0.3) is 11.0 Å². The van der Waals surface area contributed by atoms with Crippen LogP contribution in [0.5, 0.6) is 0 Å². The van der Waals surface area contributed by atoms with Crippen molar-refractivity contribution in [2.24, 2.45) is 5.92 Å². The Bertz CT molecular complexity index is 1720. The van der Waals surface area contributed by atoms with Crippen LogP contribution in [0.15, 0.2) is 65.6 Å². The van der Waals surface area contributed by atoms with Crippen LogP contribution in [0.2, 0.25) is 0 Å².